The molecule has 1 saturated carbocycles. The minimum atomic E-state index is -0.625. The Morgan fingerprint density at radius 1 is 1.56 bits per heavy atom. The van der Waals surface area contributed by atoms with Gasteiger partial charge in [-0.2, -0.15) is 4.98 Å². The molecular formula is C12H20N2O2. The van der Waals surface area contributed by atoms with Crippen LogP contribution in [0.4, 0.5) is 0 Å². The van der Waals surface area contributed by atoms with Gasteiger partial charge < -0.3 is 9.63 Å². The van der Waals surface area contributed by atoms with E-state index in [0.717, 1.165) is 25.1 Å². The molecule has 2 atom stereocenters. The third-order valence-electron chi connectivity index (χ3n) is 3.31. The molecule has 0 spiro atoms. The molecule has 1 aliphatic carbocycles. The van der Waals surface area contributed by atoms with Gasteiger partial charge in [-0.1, -0.05) is 25.9 Å². The second kappa shape index (κ2) is 4.17. The van der Waals surface area contributed by atoms with E-state index in [0.29, 0.717) is 18.2 Å². The van der Waals surface area contributed by atoms with Gasteiger partial charge in [-0.15, -0.1) is 0 Å². The highest BCUT2D eigenvalue weighted by molar-refractivity contribution is 4.98. The van der Waals surface area contributed by atoms with Crippen LogP contribution >= 0.6 is 0 Å². The number of hydrogen-bond acceptors (Lipinski definition) is 4. The molecular weight excluding hydrogens is 204 g/mol. The van der Waals surface area contributed by atoms with Gasteiger partial charge in [-0.05, 0) is 25.2 Å². The number of rotatable bonds is 3. The average molecular weight is 224 g/mol. The van der Waals surface area contributed by atoms with E-state index in [1.54, 1.807) is 0 Å². The smallest absolute Gasteiger partial charge is 0.229 e. The van der Waals surface area contributed by atoms with Crippen LogP contribution in [-0.4, -0.2) is 20.8 Å². The van der Waals surface area contributed by atoms with Crippen molar-refractivity contribution >= 4 is 0 Å². The molecule has 1 N–H and O–H groups in total. The number of hydrogen-bond donors (Lipinski definition) is 1. The summed E-state index contributed by atoms with van der Waals surface area (Å²) in [7, 11) is 0. The lowest BCUT2D eigenvalue weighted by Gasteiger charge is -2.19. The zero-order chi connectivity index (χ0) is 11.8. The van der Waals surface area contributed by atoms with Crippen molar-refractivity contribution < 1.29 is 9.63 Å². The first-order valence-electron chi connectivity index (χ1n) is 6.03. The predicted molar refractivity (Wildman–Crippen MR) is 60.1 cm³/mol. The van der Waals surface area contributed by atoms with Gasteiger partial charge in [0.05, 0.1) is 12.0 Å². The Kier molecular flexibility index (Phi) is 3.02. The van der Waals surface area contributed by atoms with Crippen LogP contribution in [0.5, 0.6) is 0 Å². The third kappa shape index (κ3) is 2.43. The van der Waals surface area contributed by atoms with Crippen molar-refractivity contribution in [2.24, 2.45) is 5.92 Å². The molecule has 4 heteroatoms. The summed E-state index contributed by atoms with van der Waals surface area (Å²) in [6, 6.07) is 0. The number of aliphatic hydroxyl groups is 1. The Bertz CT molecular complexity index is 362. The summed E-state index contributed by atoms with van der Waals surface area (Å²) in [5.41, 5.74) is -0.625. The van der Waals surface area contributed by atoms with E-state index in [-0.39, 0.29) is 5.92 Å². The highest BCUT2D eigenvalue weighted by Gasteiger charge is 2.37. The van der Waals surface area contributed by atoms with E-state index >= 15 is 0 Å². The maximum Gasteiger partial charge on any atom is 0.229 e. The van der Waals surface area contributed by atoms with Gasteiger partial charge in [0.25, 0.3) is 0 Å². The SMILES string of the molecule is CC(C)c1noc(C[C@@]2(O)CC[C@H](C)C2)n1. The van der Waals surface area contributed by atoms with Crippen molar-refractivity contribution in [1.29, 1.82) is 0 Å². The Labute approximate surface area is 96.1 Å². The molecule has 1 aliphatic rings. The topological polar surface area (TPSA) is 59.2 Å². The van der Waals surface area contributed by atoms with Crippen molar-refractivity contribution in [2.75, 3.05) is 0 Å². The van der Waals surface area contributed by atoms with E-state index in [1.165, 1.54) is 0 Å². The van der Waals surface area contributed by atoms with Crippen LogP contribution in [0.1, 0.15) is 57.7 Å². The quantitative estimate of drug-likeness (QED) is 0.855. The highest BCUT2D eigenvalue weighted by Crippen LogP contribution is 2.36. The minimum Gasteiger partial charge on any atom is -0.389 e. The molecule has 2 rings (SSSR count). The van der Waals surface area contributed by atoms with Crippen LogP contribution in [0.2, 0.25) is 0 Å². The maximum atomic E-state index is 10.3. The summed E-state index contributed by atoms with van der Waals surface area (Å²) in [6.45, 7) is 6.23. The van der Waals surface area contributed by atoms with E-state index in [4.69, 9.17) is 4.52 Å². The maximum absolute atomic E-state index is 10.3. The molecule has 90 valence electrons. The van der Waals surface area contributed by atoms with E-state index in [9.17, 15) is 5.11 Å². The third-order valence-corrected chi connectivity index (χ3v) is 3.31. The molecule has 16 heavy (non-hydrogen) atoms. The Hall–Kier alpha value is -0.900. The van der Waals surface area contributed by atoms with Crippen LogP contribution in [0.3, 0.4) is 0 Å². The molecule has 0 bridgehead atoms. The normalized spacial score (nSPS) is 30.2. The van der Waals surface area contributed by atoms with Crippen molar-refractivity contribution in [3.05, 3.63) is 11.7 Å². The molecule has 1 aromatic heterocycles. The monoisotopic (exact) mass is 224 g/mol. The van der Waals surface area contributed by atoms with Crippen molar-refractivity contribution in [3.8, 4) is 0 Å². The largest absolute Gasteiger partial charge is 0.389 e. The van der Waals surface area contributed by atoms with Crippen molar-refractivity contribution in [2.45, 2.75) is 58.0 Å². The zero-order valence-electron chi connectivity index (χ0n) is 10.2. The average Bonchev–Trinajstić information content (AvgIpc) is 2.74. The van der Waals surface area contributed by atoms with E-state index < -0.39 is 5.60 Å². The standard InChI is InChI=1S/C12H20N2O2/c1-8(2)11-13-10(16-14-11)7-12(15)5-4-9(3)6-12/h8-9,15H,4-7H2,1-3H3/t9-,12+/m0/s1. The molecule has 1 fully saturated rings. The molecule has 0 saturated heterocycles. The van der Waals surface area contributed by atoms with Gasteiger partial charge >= 0.3 is 0 Å². The Morgan fingerprint density at radius 2 is 2.31 bits per heavy atom. The minimum absolute atomic E-state index is 0.273. The number of aromatic nitrogens is 2. The lowest BCUT2D eigenvalue weighted by molar-refractivity contribution is 0.0368. The molecule has 1 heterocycles. The fraction of sp³-hybridized carbons (Fsp3) is 0.833. The summed E-state index contributed by atoms with van der Waals surface area (Å²) in [6.07, 6.45) is 3.26. The van der Waals surface area contributed by atoms with Crippen molar-refractivity contribution in [3.63, 3.8) is 0 Å². The van der Waals surface area contributed by atoms with Gasteiger partial charge in [-0.25, -0.2) is 0 Å². The van der Waals surface area contributed by atoms with Gasteiger partial charge in [0.2, 0.25) is 5.89 Å². The zero-order valence-corrected chi connectivity index (χ0v) is 10.2. The molecule has 0 aliphatic heterocycles. The molecule has 0 aromatic carbocycles. The summed E-state index contributed by atoms with van der Waals surface area (Å²) >= 11 is 0. The first kappa shape index (κ1) is 11.6. The number of nitrogens with zero attached hydrogens (tertiary/aromatic N) is 2. The fourth-order valence-electron chi connectivity index (χ4n) is 2.38. The Morgan fingerprint density at radius 3 is 2.81 bits per heavy atom. The summed E-state index contributed by atoms with van der Waals surface area (Å²) < 4.78 is 5.17. The van der Waals surface area contributed by atoms with Crippen molar-refractivity contribution in [1.82, 2.24) is 10.1 Å². The van der Waals surface area contributed by atoms with Gasteiger partial charge in [0, 0.05) is 5.92 Å². The van der Waals surface area contributed by atoms with Gasteiger partial charge in [-0.3, -0.25) is 0 Å². The van der Waals surface area contributed by atoms with Gasteiger partial charge in [0.15, 0.2) is 5.82 Å². The molecule has 0 radical (unpaired) electrons. The Balaban J connectivity index is 2.03. The second-order valence-corrected chi connectivity index (χ2v) is 5.45. The predicted octanol–water partition coefficient (Wildman–Crippen LogP) is 2.29. The van der Waals surface area contributed by atoms with Crippen LogP contribution in [0.15, 0.2) is 4.52 Å². The van der Waals surface area contributed by atoms with Crippen LogP contribution in [0.25, 0.3) is 0 Å². The molecule has 4 nitrogen and oxygen atoms in total. The lowest BCUT2D eigenvalue weighted by atomic mass is 9.97. The van der Waals surface area contributed by atoms with E-state index in [1.807, 2.05) is 13.8 Å². The van der Waals surface area contributed by atoms with Crippen LogP contribution < -0.4 is 0 Å². The highest BCUT2D eigenvalue weighted by atomic mass is 16.5. The van der Waals surface area contributed by atoms with Crippen LogP contribution in [-0.2, 0) is 6.42 Å². The van der Waals surface area contributed by atoms with E-state index in [2.05, 4.69) is 17.1 Å². The first-order valence-corrected chi connectivity index (χ1v) is 6.03. The van der Waals surface area contributed by atoms with Crippen LogP contribution in [0, 0.1) is 5.92 Å². The summed E-state index contributed by atoms with van der Waals surface area (Å²) in [4.78, 5) is 4.31. The first-order chi connectivity index (χ1) is 7.48. The lowest BCUT2D eigenvalue weighted by Crippen LogP contribution is -2.27. The summed E-state index contributed by atoms with van der Waals surface area (Å²) in [5.74, 6) is 2.16. The fourth-order valence-corrected chi connectivity index (χ4v) is 2.38. The molecule has 0 unspecified atom stereocenters. The summed E-state index contributed by atoms with van der Waals surface area (Å²) in [5, 5.41) is 14.2. The molecule has 0 amide bonds. The van der Waals surface area contributed by atoms with Gasteiger partial charge in [0.1, 0.15) is 0 Å². The molecule has 1 aromatic rings. The second-order valence-electron chi connectivity index (χ2n) is 5.45.